The van der Waals surface area contributed by atoms with Crippen LogP contribution in [-0.4, -0.2) is 26.5 Å². The Hall–Kier alpha value is -1.40. The lowest BCUT2D eigenvalue weighted by Gasteiger charge is -2.09. The normalized spacial score (nSPS) is 11.3. The van der Waals surface area contributed by atoms with Gasteiger partial charge in [0.15, 0.2) is 0 Å². The fraction of sp³-hybridized carbons (Fsp3) is 0.571. The van der Waals surface area contributed by atoms with Gasteiger partial charge in [-0.3, -0.25) is 0 Å². The minimum Gasteiger partial charge on any atom is -0.394 e. The standard InChI is InChI=1S/C14H22N4OS/c1-9(2)14-16-12(8-20-14)7-15-13-10(3)11(4)17-18(13)5-6-19/h8-9,15,19H,5-7H2,1-4H3. The summed E-state index contributed by atoms with van der Waals surface area (Å²) in [5.74, 6) is 1.44. The van der Waals surface area contributed by atoms with Crippen molar-refractivity contribution in [3.8, 4) is 0 Å². The highest BCUT2D eigenvalue weighted by Gasteiger charge is 2.12. The van der Waals surface area contributed by atoms with Crippen LogP contribution in [0.15, 0.2) is 5.38 Å². The van der Waals surface area contributed by atoms with E-state index in [1.165, 1.54) is 5.01 Å². The van der Waals surface area contributed by atoms with Crippen molar-refractivity contribution in [3.63, 3.8) is 0 Å². The van der Waals surface area contributed by atoms with Gasteiger partial charge in [-0.25, -0.2) is 9.67 Å². The van der Waals surface area contributed by atoms with Gasteiger partial charge in [-0.15, -0.1) is 11.3 Å². The van der Waals surface area contributed by atoms with E-state index >= 15 is 0 Å². The third-order valence-electron chi connectivity index (χ3n) is 3.24. The molecule has 2 aromatic heterocycles. The molecular weight excluding hydrogens is 272 g/mol. The van der Waals surface area contributed by atoms with Crippen molar-refractivity contribution in [3.05, 3.63) is 27.3 Å². The van der Waals surface area contributed by atoms with Gasteiger partial charge >= 0.3 is 0 Å². The summed E-state index contributed by atoms with van der Waals surface area (Å²) in [6.45, 7) is 9.60. The van der Waals surface area contributed by atoms with Crippen LogP contribution >= 0.6 is 11.3 Å². The molecule has 110 valence electrons. The minimum absolute atomic E-state index is 0.0867. The average Bonchev–Trinajstić information content (AvgIpc) is 2.96. The first-order valence-electron chi connectivity index (χ1n) is 6.86. The van der Waals surface area contributed by atoms with E-state index < -0.39 is 0 Å². The van der Waals surface area contributed by atoms with Crippen LogP contribution in [0.25, 0.3) is 0 Å². The molecule has 2 aromatic rings. The van der Waals surface area contributed by atoms with Crippen LogP contribution in [0.5, 0.6) is 0 Å². The summed E-state index contributed by atoms with van der Waals surface area (Å²) in [7, 11) is 0. The van der Waals surface area contributed by atoms with Crippen molar-refractivity contribution in [2.24, 2.45) is 0 Å². The summed E-state index contributed by atoms with van der Waals surface area (Å²) in [4.78, 5) is 4.61. The van der Waals surface area contributed by atoms with Crippen molar-refractivity contribution in [1.82, 2.24) is 14.8 Å². The van der Waals surface area contributed by atoms with Crippen LogP contribution in [0, 0.1) is 13.8 Å². The van der Waals surface area contributed by atoms with Crippen LogP contribution < -0.4 is 5.32 Å². The molecule has 0 fully saturated rings. The lowest BCUT2D eigenvalue weighted by molar-refractivity contribution is 0.270. The maximum Gasteiger partial charge on any atom is 0.127 e. The van der Waals surface area contributed by atoms with Crippen molar-refractivity contribution >= 4 is 17.2 Å². The quantitative estimate of drug-likeness (QED) is 0.860. The second kappa shape index (κ2) is 6.37. The molecule has 0 aliphatic carbocycles. The van der Waals surface area contributed by atoms with E-state index in [4.69, 9.17) is 5.11 Å². The lowest BCUT2D eigenvalue weighted by atomic mass is 10.2. The Morgan fingerprint density at radius 1 is 1.40 bits per heavy atom. The average molecular weight is 294 g/mol. The molecular formula is C14H22N4OS. The number of anilines is 1. The molecule has 0 saturated carbocycles. The van der Waals surface area contributed by atoms with Crippen molar-refractivity contribution < 1.29 is 5.11 Å². The van der Waals surface area contributed by atoms with E-state index in [-0.39, 0.29) is 6.61 Å². The molecule has 20 heavy (non-hydrogen) atoms. The van der Waals surface area contributed by atoms with Gasteiger partial charge in [0.2, 0.25) is 0 Å². The van der Waals surface area contributed by atoms with Gasteiger partial charge in [0.25, 0.3) is 0 Å². The van der Waals surface area contributed by atoms with E-state index in [1.807, 2.05) is 18.5 Å². The molecule has 2 N–H and O–H groups in total. The summed E-state index contributed by atoms with van der Waals surface area (Å²) in [5.41, 5.74) is 3.16. The second-order valence-electron chi connectivity index (χ2n) is 5.19. The van der Waals surface area contributed by atoms with E-state index in [2.05, 4.69) is 34.6 Å². The number of hydrogen-bond acceptors (Lipinski definition) is 5. The Balaban J connectivity index is 2.09. The summed E-state index contributed by atoms with van der Waals surface area (Å²) < 4.78 is 1.82. The van der Waals surface area contributed by atoms with E-state index in [0.29, 0.717) is 19.0 Å². The Morgan fingerprint density at radius 2 is 2.15 bits per heavy atom. The van der Waals surface area contributed by atoms with Gasteiger partial charge in [-0.05, 0) is 13.8 Å². The largest absolute Gasteiger partial charge is 0.394 e. The molecule has 2 rings (SSSR count). The zero-order valence-corrected chi connectivity index (χ0v) is 13.3. The monoisotopic (exact) mass is 294 g/mol. The topological polar surface area (TPSA) is 63.0 Å². The maximum absolute atomic E-state index is 9.09. The van der Waals surface area contributed by atoms with Crippen LogP contribution in [0.2, 0.25) is 0 Å². The first kappa shape index (κ1) is 15.0. The molecule has 0 aromatic carbocycles. The molecule has 2 heterocycles. The summed E-state index contributed by atoms with van der Waals surface area (Å²) in [6, 6.07) is 0. The number of aryl methyl sites for hydroxylation is 1. The van der Waals surface area contributed by atoms with E-state index in [1.54, 1.807) is 11.3 Å². The highest BCUT2D eigenvalue weighted by Crippen LogP contribution is 2.22. The minimum atomic E-state index is 0.0867. The van der Waals surface area contributed by atoms with Gasteiger partial charge in [0.05, 0.1) is 36.1 Å². The summed E-state index contributed by atoms with van der Waals surface area (Å²) >= 11 is 1.70. The fourth-order valence-corrected chi connectivity index (χ4v) is 2.83. The summed E-state index contributed by atoms with van der Waals surface area (Å²) in [6.07, 6.45) is 0. The highest BCUT2D eigenvalue weighted by atomic mass is 32.1. The first-order valence-corrected chi connectivity index (χ1v) is 7.74. The molecule has 0 radical (unpaired) electrons. The zero-order valence-electron chi connectivity index (χ0n) is 12.5. The fourth-order valence-electron chi connectivity index (χ4n) is 1.99. The van der Waals surface area contributed by atoms with Crippen LogP contribution in [0.3, 0.4) is 0 Å². The van der Waals surface area contributed by atoms with E-state index in [9.17, 15) is 0 Å². The molecule has 0 aliphatic heterocycles. The van der Waals surface area contributed by atoms with Gasteiger partial charge < -0.3 is 10.4 Å². The van der Waals surface area contributed by atoms with Gasteiger partial charge in [0, 0.05) is 16.9 Å². The molecule has 0 amide bonds. The Morgan fingerprint density at radius 3 is 2.75 bits per heavy atom. The third kappa shape index (κ3) is 3.19. The third-order valence-corrected chi connectivity index (χ3v) is 4.43. The predicted molar refractivity (Wildman–Crippen MR) is 82.3 cm³/mol. The summed E-state index contributed by atoms with van der Waals surface area (Å²) in [5, 5.41) is 20.2. The van der Waals surface area contributed by atoms with Gasteiger partial charge in [-0.2, -0.15) is 5.10 Å². The van der Waals surface area contributed by atoms with Crippen molar-refractivity contribution in [2.75, 3.05) is 11.9 Å². The number of nitrogens with one attached hydrogen (secondary N) is 1. The highest BCUT2D eigenvalue weighted by molar-refractivity contribution is 7.09. The number of aliphatic hydroxyl groups is 1. The number of aliphatic hydroxyl groups excluding tert-OH is 1. The maximum atomic E-state index is 9.09. The van der Waals surface area contributed by atoms with Crippen LogP contribution in [0.1, 0.15) is 41.7 Å². The predicted octanol–water partition coefficient (Wildman–Crippen LogP) is 2.68. The van der Waals surface area contributed by atoms with Gasteiger partial charge in [-0.1, -0.05) is 13.8 Å². The lowest BCUT2D eigenvalue weighted by Crippen LogP contribution is -2.11. The number of rotatable bonds is 6. The molecule has 5 nitrogen and oxygen atoms in total. The van der Waals surface area contributed by atoms with Crippen molar-refractivity contribution in [2.45, 2.75) is 46.7 Å². The molecule has 0 bridgehead atoms. The van der Waals surface area contributed by atoms with Crippen LogP contribution in [0.4, 0.5) is 5.82 Å². The number of aromatic nitrogens is 3. The second-order valence-corrected chi connectivity index (χ2v) is 6.08. The SMILES string of the molecule is Cc1nn(CCO)c(NCc2csc(C(C)C)n2)c1C. The van der Waals surface area contributed by atoms with E-state index in [0.717, 1.165) is 22.8 Å². The van der Waals surface area contributed by atoms with Crippen LogP contribution in [-0.2, 0) is 13.1 Å². The number of thiazole rings is 1. The molecule has 0 unspecified atom stereocenters. The Kier molecular flexibility index (Phi) is 4.77. The van der Waals surface area contributed by atoms with Gasteiger partial charge in [0.1, 0.15) is 5.82 Å². The smallest absolute Gasteiger partial charge is 0.127 e. The molecule has 0 saturated heterocycles. The molecule has 0 atom stereocenters. The molecule has 0 spiro atoms. The van der Waals surface area contributed by atoms with Crippen molar-refractivity contribution in [1.29, 1.82) is 0 Å². The Bertz CT molecular complexity index is 574. The molecule has 6 heteroatoms. The Labute approximate surface area is 123 Å². The first-order chi connectivity index (χ1) is 9.52. The zero-order chi connectivity index (χ0) is 14.7. The number of nitrogens with zero attached hydrogens (tertiary/aromatic N) is 3. The number of hydrogen-bond donors (Lipinski definition) is 2. The molecule has 0 aliphatic rings.